The molecule has 88 valence electrons. The zero-order valence-corrected chi connectivity index (χ0v) is 11.2. The second kappa shape index (κ2) is 4.40. The average Bonchev–Trinajstić information content (AvgIpc) is 2.11. The minimum Gasteiger partial charge on any atom is -0.373 e. The summed E-state index contributed by atoms with van der Waals surface area (Å²) < 4.78 is -1.93. The SMILES string of the molecule is O=[N+]([O-])C1=CC(O)(Br)C(Br)C([N+](=O)[O-])=C1Cl. The zero-order valence-electron chi connectivity index (χ0n) is 7.26. The highest BCUT2D eigenvalue weighted by atomic mass is 79.9. The fraction of sp³-hybridized carbons (Fsp3) is 0.333. The van der Waals surface area contributed by atoms with Gasteiger partial charge in [0.15, 0.2) is 9.54 Å². The van der Waals surface area contributed by atoms with Crippen molar-refractivity contribution >= 4 is 43.5 Å². The van der Waals surface area contributed by atoms with Crippen LogP contribution >= 0.6 is 43.5 Å². The minimum atomic E-state index is -1.93. The Balaban J connectivity index is 3.44. The van der Waals surface area contributed by atoms with Gasteiger partial charge in [0.1, 0.15) is 4.83 Å². The molecule has 0 aromatic carbocycles. The van der Waals surface area contributed by atoms with Crippen molar-refractivity contribution in [3.05, 3.63) is 42.7 Å². The van der Waals surface area contributed by atoms with Gasteiger partial charge in [0.2, 0.25) is 0 Å². The molecular formula is C6H3Br2ClN2O5. The monoisotopic (exact) mass is 376 g/mol. The van der Waals surface area contributed by atoms with Crippen molar-refractivity contribution in [2.45, 2.75) is 9.34 Å². The summed E-state index contributed by atoms with van der Waals surface area (Å²) >= 11 is 11.1. The van der Waals surface area contributed by atoms with E-state index in [9.17, 15) is 25.3 Å². The second-order valence-electron chi connectivity index (χ2n) is 2.83. The van der Waals surface area contributed by atoms with Gasteiger partial charge in [-0.15, -0.1) is 0 Å². The molecule has 0 bridgehead atoms. The second-order valence-corrected chi connectivity index (χ2v) is 5.40. The lowest BCUT2D eigenvalue weighted by atomic mass is 10.1. The standard InChI is InChI=1S/C6H3Br2ClN2O5/c7-5-4(11(15)16)3(9)2(10(13)14)1-6(5,8)12/h1,5,12H. The third-order valence-electron chi connectivity index (χ3n) is 1.78. The maximum absolute atomic E-state index is 10.7. The summed E-state index contributed by atoms with van der Waals surface area (Å²) in [5.41, 5.74) is -1.39. The lowest BCUT2D eigenvalue weighted by Crippen LogP contribution is -2.38. The van der Waals surface area contributed by atoms with E-state index in [1.165, 1.54) is 0 Å². The minimum absolute atomic E-state index is 0.610. The Morgan fingerprint density at radius 1 is 1.44 bits per heavy atom. The van der Waals surface area contributed by atoms with E-state index in [4.69, 9.17) is 11.6 Å². The van der Waals surface area contributed by atoms with Crippen molar-refractivity contribution in [2.24, 2.45) is 0 Å². The third kappa shape index (κ3) is 2.26. The maximum Gasteiger partial charge on any atom is 0.294 e. The molecule has 7 nitrogen and oxygen atoms in total. The van der Waals surface area contributed by atoms with Crippen molar-refractivity contribution in [1.29, 1.82) is 0 Å². The van der Waals surface area contributed by atoms with Gasteiger partial charge in [-0.1, -0.05) is 27.5 Å². The first-order valence-corrected chi connectivity index (χ1v) is 5.74. The molecule has 0 amide bonds. The highest BCUT2D eigenvalue weighted by Gasteiger charge is 2.49. The van der Waals surface area contributed by atoms with E-state index in [1.54, 1.807) is 0 Å². The van der Waals surface area contributed by atoms with Crippen LogP contribution in [0.5, 0.6) is 0 Å². The number of nitro groups is 2. The molecule has 1 rings (SSSR count). The fourth-order valence-corrected chi connectivity index (χ4v) is 2.46. The van der Waals surface area contributed by atoms with E-state index in [0.717, 1.165) is 6.08 Å². The summed E-state index contributed by atoms with van der Waals surface area (Å²) in [5.74, 6) is 0. The summed E-state index contributed by atoms with van der Waals surface area (Å²) in [5, 5.41) is 30.3. The van der Waals surface area contributed by atoms with E-state index in [1.807, 2.05) is 0 Å². The number of nitrogens with zero attached hydrogens (tertiary/aromatic N) is 2. The van der Waals surface area contributed by atoms with E-state index < -0.39 is 35.6 Å². The molecule has 16 heavy (non-hydrogen) atoms. The van der Waals surface area contributed by atoms with E-state index >= 15 is 0 Å². The zero-order chi connectivity index (χ0) is 12.7. The number of hydrogen-bond donors (Lipinski definition) is 1. The predicted octanol–water partition coefficient (Wildman–Crippen LogP) is 1.73. The molecule has 10 heteroatoms. The molecule has 0 fully saturated rings. The largest absolute Gasteiger partial charge is 0.373 e. The lowest BCUT2D eigenvalue weighted by Gasteiger charge is -2.24. The summed E-state index contributed by atoms with van der Waals surface area (Å²) in [4.78, 5) is 18.3. The highest BCUT2D eigenvalue weighted by molar-refractivity contribution is 9.12. The Morgan fingerprint density at radius 2 is 1.94 bits per heavy atom. The third-order valence-corrected chi connectivity index (χ3v) is 4.60. The molecule has 0 saturated carbocycles. The Labute approximate surface area is 110 Å². The van der Waals surface area contributed by atoms with E-state index in [-0.39, 0.29) is 0 Å². The quantitative estimate of drug-likeness (QED) is 0.447. The van der Waals surface area contributed by atoms with Crippen LogP contribution in [0.4, 0.5) is 0 Å². The van der Waals surface area contributed by atoms with Crippen molar-refractivity contribution in [3.63, 3.8) is 0 Å². The fourth-order valence-electron chi connectivity index (χ4n) is 1.07. The summed E-state index contributed by atoms with van der Waals surface area (Å²) in [6, 6.07) is 0. The molecule has 0 radical (unpaired) electrons. The van der Waals surface area contributed by atoms with E-state index in [2.05, 4.69) is 31.9 Å². The van der Waals surface area contributed by atoms with Gasteiger partial charge < -0.3 is 5.11 Å². The van der Waals surface area contributed by atoms with Crippen LogP contribution in [0.1, 0.15) is 0 Å². The first-order chi connectivity index (χ1) is 7.18. The van der Waals surface area contributed by atoms with Crippen LogP contribution in [0.2, 0.25) is 0 Å². The van der Waals surface area contributed by atoms with E-state index in [0.29, 0.717) is 0 Å². The summed E-state index contributed by atoms with van der Waals surface area (Å²) in [6.07, 6.45) is 0.793. The van der Waals surface area contributed by atoms with Crippen molar-refractivity contribution < 1.29 is 15.0 Å². The van der Waals surface area contributed by atoms with Crippen LogP contribution in [0, 0.1) is 20.2 Å². The predicted molar refractivity (Wildman–Crippen MR) is 61.5 cm³/mol. The summed E-state index contributed by atoms with van der Waals surface area (Å²) in [6.45, 7) is 0. The van der Waals surface area contributed by atoms with Gasteiger partial charge in [0.25, 0.3) is 11.4 Å². The molecule has 0 heterocycles. The van der Waals surface area contributed by atoms with Gasteiger partial charge in [-0.3, -0.25) is 20.2 Å². The molecule has 1 N–H and O–H groups in total. The van der Waals surface area contributed by atoms with Gasteiger partial charge in [-0.25, -0.2) is 0 Å². The number of halogens is 3. The van der Waals surface area contributed by atoms with Crippen LogP contribution < -0.4 is 0 Å². The Morgan fingerprint density at radius 3 is 2.31 bits per heavy atom. The normalized spacial score (nSPS) is 30.0. The molecule has 1 aliphatic carbocycles. The molecule has 1 aliphatic rings. The molecule has 0 spiro atoms. The van der Waals surface area contributed by atoms with Crippen molar-refractivity contribution in [1.82, 2.24) is 0 Å². The first kappa shape index (κ1) is 13.6. The number of alkyl halides is 2. The van der Waals surface area contributed by atoms with Crippen molar-refractivity contribution in [2.75, 3.05) is 0 Å². The van der Waals surface area contributed by atoms with Gasteiger partial charge >= 0.3 is 0 Å². The number of aliphatic hydroxyl groups is 1. The Kier molecular flexibility index (Phi) is 3.72. The number of hydrogen-bond acceptors (Lipinski definition) is 5. The van der Waals surface area contributed by atoms with Crippen LogP contribution in [-0.2, 0) is 0 Å². The Hall–Kier alpha value is -0.510. The molecule has 2 unspecified atom stereocenters. The molecule has 0 aliphatic heterocycles. The molecule has 2 atom stereocenters. The molecular weight excluding hydrogens is 375 g/mol. The molecule has 0 saturated heterocycles. The van der Waals surface area contributed by atoms with Crippen LogP contribution in [-0.4, -0.2) is 24.3 Å². The van der Waals surface area contributed by atoms with Crippen LogP contribution in [0.25, 0.3) is 0 Å². The first-order valence-electron chi connectivity index (χ1n) is 3.65. The van der Waals surface area contributed by atoms with Crippen LogP contribution in [0.3, 0.4) is 0 Å². The van der Waals surface area contributed by atoms with Gasteiger partial charge in [0.05, 0.1) is 9.85 Å². The smallest absolute Gasteiger partial charge is 0.294 e. The highest BCUT2D eigenvalue weighted by Crippen LogP contribution is 2.41. The number of rotatable bonds is 2. The number of allylic oxidation sites excluding steroid dienone is 1. The lowest BCUT2D eigenvalue weighted by molar-refractivity contribution is -0.440. The van der Waals surface area contributed by atoms with Gasteiger partial charge in [-0.2, -0.15) is 0 Å². The molecule has 0 aromatic heterocycles. The van der Waals surface area contributed by atoms with Gasteiger partial charge in [-0.05, 0) is 15.9 Å². The topological polar surface area (TPSA) is 107 Å². The maximum atomic E-state index is 10.7. The van der Waals surface area contributed by atoms with Crippen molar-refractivity contribution in [3.8, 4) is 0 Å². The molecule has 0 aromatic rings. The van der Waals surface area contributed by atoms with Gasteiger partial charge in [0, 0.05) is 6.08 Å². The summed E-state index contributed by atoms with van der Waals surface area (Å²) in [7, 11) is 0. The average molecular weight is 378 g/mol. The Bertz CT molecular complexity index is 433. The van der Waals surface area contributed by atoms with Crippen LogP contribution in [0.15, 0.2) is 22.5 Å².